The topological polar surface area (TPSA) is 52.9 Å². The van der Waals surface area contributed by atoms with Crippen molar-refractivity contribution in [1.82, 2.24) is 0 Å². The van der Waals surface area contributed by atoms with E-state index < -0.39 is 11.3 Å². The second-order valence-corrected chi connectivity index (χ2v) is 6.49. The van der Waals surface area contributed by atoms with Gasteiger partial charge in [-0.1, -0.05) is 32.0 Å². The lowest BCUT2D eigenvalue weighted by atomic mass is 9.58. The zero-order chi connectivity index (χ0) is 13.7. The van der Waals surface area contributed by atoms with Crippen LogP contribution in [0.5, 0.6) is 0 Å². The number of fused-ring (bicyclic) bond motifs is 2. The molecule has 3 heteroatoms. The van der Waals surface area contributed by atoms with E-state index in [0.29, 0.717) is 6.42 Å². The van der Waals surface area contributed by atoms with E-state index in [9.17, 15) is 10.1 Å². The molecule has 2 atom stereocenters. The van der Waals surface area contributed by atoms with E-state index in [-0.39, 0.29) is 11.2 Å². The van der Waals surface area contributed by atoms with Crippen LogP contribution >= 0.6 is 0 Å². The Morgan fingerprint density at radius 3 is 2.84 bits per heavy atom. The van der Waals surface area contributed by atoms with Gasteiger partial charge in [-0.15, -0.1) is 0 Å². The summed E-state index contributed by atoms with van der Waals surface area (Å²) < 4.78 is 0. The van der Waals surface area contributed by atoms with E-state index >= 15 is 0 Å². The van der Waals surface area contributed by atoms with E-state index in [2.05, 4.69) is 23.5 Å². The summed E-state index contributed by atoms with van der Waals surface area (Å²) in [6.07, 6.45) is 1.47. The van der Waals surface area contributed by atoms with Crippen LogP contribution < -0.4 is 5.32 Å². The molecule has 98 valence electrons. The van der Waals surface area contributed by atoms with Gasteiger partial charge in [-0.2, -0.15) is 5.26 Å². The molecule has 1 heterocycles. The number of carbonyl (C=O) groups is 1. The van der Waals surface area contributed by atoms with Crippen LogP contribution in [0.15, 0.2) is 24.3 Å². The van der Waals surface area contributed by atoms with Crippen LogP contribution in [0.3, 0.4) is 0 Å². The van der Waals surface area contributed by atoms with Gasteiger partial charge in [0.2, 0.25) is 0 Å². The summed E-state index contributed by atoms with van der Waals surface area (Å²) in [5.41, 5.74) is 1.95. The second-order valence-electron chi connectivity index (χ2n) is 6.49. The molecule has 1 aromatic rings. The molecule has 1 aliphatic heterocycles. The van der Waals surface area contributed by atoms with Crippen LogP contribution in [0, 0.1) is 22.7 Å². The fraction of sp³-hybridized carbons (Fsp3) is 0.500. The number of nitrogens with zero attached hydrogens (tertiary/aromatic N) is 1. The van der Waals surface area contributed by atoms with Crippen LogP contribution in [-0.4, -0.2) is 12.3 Å². The normalized spacial score (nSPS) is 31.6. The Labute approximate surface area is 113 Å². The molecule has 2 aliphatic rings. The van der Waals surface area contributed by atoms with Gasteiger partial charge in [-0.3, -0.25) is 4.79 Å². The highest BCUT2D eigenvalue weighted by molar-refractivity contribution is 5.90. The Morgan fingerprint density at radius 2 is 2.11 bits per heavy atom. The lowest BCUT2D eigenvalue weighted by Crippen LogP contribution is -2.47. The number of ketones is 1. The Hall–Kier alpha value is -1.82. The summed E-state index contributed by atoms with van der Waals surface area (Å²) in [6.45, 7) is 4.78. The van der Waals surface area contributed by atoms with Crippen LogP contribution in [0.4, 0.5) is 5.69 Å². The van der Waals surface area contributed by atoms with Gasteiger partial charge in [0.15, 0.2) is 5.78 Å². The molecule has 0 aromatic heterocycles. The molecule has 0 saturated heterocycles. The molecule has 3 rings (SSSR count). The Morgan fingerprint density at radius 1 is 1.37 bits per heavy atom. The standard InChI is InChI=1S/C16H18N2O/c1-15(2)9-16(7-11(8-17)14(15)19)10-18-13-6-4-3-5-12(13)16/h3-6,11,18H,7,9-10H2,1-2H3. The summed E-state index contributed by atoms with van der Waals surface area (Å²) >= 11 is 0. The molecule has 1 aliphatic carbocycles. The zero-order valence-corrected chi connectivity index (χ0v) is 11.4. The maximum absolute atomic E-state index is 12.3. The molecule has 1 spiro atoms. The number of benzene rings is 1. The minimum absolute atomic E-state index is 0.0611. The number of hydrogen-bond donors (Lipinski definition) is 1. The van der Waals surface area contributed by atoms with Crippen LogP contribution in [0.2, 0.25) is 0 Å². The minimum Gasteiger partial charge on any atom is -0.384 e. The summed E-state index contributed by atoms with van der Waals surface area (Å²) in [5.74, 6) is -0.373. The predicted molar refractivity (Wildman–Crippen MR) is 73.7 cm³/mol. The van der Waals surface area contributed by atoms with Crippen molar-refractivity contribution in [3.63, 3.8) is 0 Å². The summed E-state index contributed by atoms with van der Waals surface area (Å²) in [4.78, 5) is 12.3. The number of nitriles is 1. The summed E-state index contributed by atoms with van der Waals surface area (Å²) in [6, 6.07) is 10.5. The number of para-hydroxylation sites is 1. The van der Waals surface area contributed by atoms with E-state index in [1.54, 1.807) is 0 Å². The monoisotopic (exact) mass is 254 g/mol. The number of Topliss-reactive ketones (excluding diaryl/α,β-unsaturated/α-hetero) is 1. The molecule has 0 bridgehead atoms. The smallest absolute Gasteiger partial charge is 0.155 e. The van der Waals surface area contributed by atoms with Gasteiger partial charge in [0, 0.05) is 23.1 Å². The van der Waals surface area contributed by atoms with Crippen molar-refractivity contribution in [3.8, 4) is 6.07 Å². The van der Waals surface area contributed by atoms with E-state index in [0.717, 1.165) is 18.7 Å². The van der Waals surface area contributed by atoms with Gasteiger partial charge in [0.25, 0.3) is 0 Å². The van der Waals surface area contributed by atoms with Gasteiger partial charge in [0.1, 0.15) is 5.92 Å². The van der Waals surface area contributed by atoms with Crippen LogP contribution in [0.1, 0.15) is 32.3 Å². The van der Waals surface area contributed by atoms with Gasteiger partial charge in [-0.05, 0) is 24.5 Å². The highest BCUT2D eigenvalue weighted by Gasteiger charge is 2.52. The number of hydrogen-bond acceptors (Lipinski definition) is 3. The Bertz CT molecular complexity index is 585. The van der Waals surface area contributed by atoms with Crippen molar-refractivity contribution in [2.24, 2.45) is 11.3 Å². The Balaban J connectivity index is 2.08. The quantitative estimate of drug-likeness (QED) is 0.774. The molecule has 19 heavy (non-hydrogen) atoms. The third-order valence-electron chi connectivity index (χ3n) is 4.63. The minimum atomic E-state index is -0.475. The highest BCUT2D eigenvalue weighted by atomic mass is 16.1. The number of nitrogens with one attached hydrogen (secondary N) is 1. The summed E-state index contributed by atoms with van der Waals surface area (Å²) in [5, 5.41) is 12.7. The third kappa shape index (κ3) is 1.67. The number of rotatable bonds is 0. The average Bonchev–Trinajstić information content (AvgIpc) is 2.73. The van der Waals surface area contributed by atoms with E-state index in [4.69, 9.17) is 0 Å². The van der Waals surface area contributed by atoms with Gasteiger partial charge in [-0.25, -0.2) is 0 Å². The molecule has 0 radical (unpaired) electrons. The number of carbonyl (C=O) groups excluding carboxylic acids is 1. The fourth-order valence-electron chi connectivity index (χ4n) is 3.86. The van der Waals surface area contributed by atoms with Crippen molar-refractivity contribution >= 4 is 11.5 Å². The molecule has 2 unspecified atom stereocenters. The number of anilines is 1. The van der Waals surface area contributed by atoms with Gasteiger partial charge >= 0.3 is 0 Å². The fourth-order valence-corrected chi connectivity index (χ4v) is 3.86. The molecular weight excluding hydrogens is 236 g/mol. The first-order chi connectivity index (χ1) is 8.98. The molecule has 1 aromatic carbocycles. The van der Waals surface area contributed by atoms with Crippen molar-refractivity contribution in [2.75, 3.05) is 11.9 Å². The molecular formula is C16H18N2O. The largest absolute Gasteiger partial charge is 0.384 e. The second kappa shape index (κ2) is 3.84. The molecule has 1 N–H and O–H groups in total. The zero-order valence-electron chi connectivity index (χ0n) is 11.4. The third-order valence-corrected chi connectivity index (χ3v) is 4.63. The van der Waals surface area contributed by atoms with Gasteiger partial charge < -0.3 is 5.32 Å². The SMILES string of the molecule is CC1(C)CC2(CNc3ccccc32)CC(C#N)C1=O. The first-order valence-electron chi connectivity index (χ1n) is 6.76. The van der Waals surface area contributed by atoms with Gasteiger partial charge in [0.05, 0.1) is 6.07 Å². The first-order valence-corrected chi connectivity index (χ1v) is 6.76. The van der Waals surface area contributed by atoms with Crippen molar-refractivity contribution in [1.29, 1.82) is 5.26 Å². The maximum Gasteiger partial charge on any atom is 0.155 e. The van der Waals surface area contributed by atoms with Crippen LogP contribution in [-0.2, 0) is 10.2 Å². The maximum atomic E-state index is 12.3. The first kappa shape index (κ1) is 12.2. The van der Waals surface area contributed by atoms with Crippen molar-refractivity contribution in [3.05, 3.63) is 29.8 Å². The lowest BCUT2D eigenvalue weighted by molar-refractivity contribution is -0.134. The predicted octanol–water partition coefficient (Wildman–Crippen LogP) is 2.88. The molecule has 1 fully saturated rings. The molecule has 0 amide bonds. The van der Waals surface area contributed by atoms with E-state index in [1.165, 1.54) is 5.56 Å². The van der Waals surface area contributed by atoms with Crippen LogP contribution in [0.25, 0.3) is 0 Å². The molecule has 1 saturated carbocycles. The molecule has 3 nitrogen and oxygen atoms in total. The van der Waals surface area contributed by atoms with E-state index in [1.807, 2.05) is 26.0 Å². The highest BCUT2D eigenvalue weighted by Crippen LogP contribution is 2.52. The average molecular weight is 254 g/mol. The Kier molecular flexibility index (Phi) is 2.47. The van der Waals surface area contributed by atoms with Crippen molar-refractivity contribution in [2.45, 2.75) is 32.1 Å². The lowest BCUT2D eigenvalue weighted by Gasteiger charge is -2.43. The summed E-state index contributed by atoms with van der Waals surface area (Å²) in [7, 11) is 0. The van der Waals surface area contributed by atoms with Crippen molar-refractivity contribution < 1.29 is 4.79 Å².